The van der Waals surface area contributed by atoms with E-state index in [0.29, 0.717) is 11.6 Å². The number of carbonyl (C=O) groups excluding carboxylic acids is 1. The number of carbonyl (C=O) groups is 1. The lowest BCUT2D eigenvalue weighted by molar-refractivity contribution is 0.0947. The number of nitrogens with zero attached hydrogens (tertiary/aromatic N) is 4. The molecule has 1 aliphatic heterocycles. The molecule has 9 heteroatoms. The number of piperazine rings is 1. The third-order valence-corrected chi connectivity index (χ3v) is 8.14. The molecule has 0 atom stereocenters. The van der Waals surface area contributed by atoms with Gasteiger partial charge in [0.1, 0.15) is 0 Å². The summed E-state index contributed by atoms with van der Waals surface area (Å²) in [5.74, 6) is -0.0958. The Labute approximate surface area is 193 Å². The van der Waals surface area contributed by atoms with E-state index in [1.165, 1.54) is 11.3 Å². The van der Waals surface area contributed by atoms with E-state index >= 15 is 0 Å². The van der Waals surface area contributed by atoms with Crippen molar-refractivity contribution < 1.29 is 4.79 Å². The van der Waals surface area contributed by atoms with E-state index in [0.717, 1.165) is 68.9 Å². The number of amides is 1. The molecule has 4 aromatic rings. The number of hydrogen-bond donors (Lipinski definition) is 1. The van der Waals surface area contributed by atoms with Gasteiger partial charge in [-0.2, -0.15) is 0 Å². The number of para-hydroxylation sites is 1. The maximum absolute atomic E-state index is 12.4. The second-order valence-electron chi connectivity index (χ2n) is 7.61. The van der Waals surface area contributed by atoms with E-state index in [9.17, 15) is 4.79 Å². The second kappa shape index (κ2) is 8.70. The van der Waals surface area contributed by atoms with Gasteiger partial charge >= 0.3 is 0 Å². The van der Waals surface area contributed by atoms with Crippen LogP contribution in [0.3, 0.4) is 0 Å². The van der Waals surface area contributed by atoms with Crippen molar-refractivity contribution in [2.75, 3.05) is 44.2 Å². The summed E-state index contributed by atoms with van der Waals surface area (Å²) in [7, 11) is 0. The number of aromatic nitrogens is 2. The Morgan fingerprint density at radius 1 is 1.10 bits per heavy atom. The molecule has 1 N–H and O–H groups in total. The first-order valence-electron chi connectivity index (χ1n) is 10.3. The Kier molecular flexibility index (Phi) is 5.79. The number of rotatable bonds is 5. The molecule has 0 radical (unpaired) electrons. The molecule has 0 saturated carbocycles. The summed E-state index contributed by atoms with van der Waals surface area (Å²) in [4.78, 5) is 26.4. The highest BCUT2D eigenvalue weighted by Crippen LogP contribution is 2.35. The monoisotopic (exact) mass is 471 g/mol. The number of halogens is 1. The molecule has 1 fully saturated rings. The van der Waals surface area contributed by atoms with Gasteiger partial charge in [-0.25, -0.2) is 9.97 Å². The highest BCUT2D eigenvalue weighted by Gasteiger charge is 2.21. The van der Waals surface area contributed by atoms with Gasteiger partial charge in [-0.1, -0.05) is 41.1 Å². The maximum atomic E-state index is 12.4. The van der Waals surface area contributed by atoms with Gasteiger partial charge in [0, 0.05) is 39.3 Å². The lowest BCUT2D eigenvalue weighted by Gasteiger charge is -2.34. The number of nitrogens with one attached hydrogen (secondary N) is 1. The molecule has 2 aromatic heterocycles. The van der Waals surface area contributed by atoms with Gasteiger partial charge in [0.15, 0.2) is 10.1 Å². The SMILES string of the molecule is Cc1ccc(Cl)c2sc(N3CCN(CCNC(=O)c4nc5ccccc5s4)CC3)nc12. The van der Waals surface area contributed by atoms with E-state index in [1.807, 2.05) is 36.4 Å². The molecule has 0 unspecified atom stereocenters. The number of thiazole rings is 2. The number of fused-ring (bicyclic) bond motifs is 2. The highest BCUT2D eigenvalue weighted by molar-refractivity contribution is 7.22. The lowest BCUT2D eigenvalue weighted by atomic mass is 10.2. The Balaban J connectivity index is 1.13. The standard InChI is InChI=1S/C22H22ClN5OS2/c1-14-6-7-15(23)19-18(14)26-22(31-19)28-12-10-27(11-13-28)9-8-24-20(29)21-25-16-4-2-3-5-17(16)30-21/h2-7H,8-13H2,1H3,(H,24,29). The summed E-state index contributed by atoms with van der Waals surface area (Å²) < 4.78 is 2.10. The van der Waals surface area contributed by atoms with Gasteiger partial charge in [0.05, 0.1) is 25.5 Å². The topological polar surface area (TPSA) is 61.4 Å². The van der Waals surface area contributed by atoms with Crippen molar-refractivity contribution in [3.8, 4) is 0 Å². The van der Waals surface area contributed by atoms with E-state index in [2.05, 4.69) is 27.0 Å². The molecule has 1 aliphatic rings. The van der Waals surface area contributed by atoms with E-state index in [4.69, 9.17) is 16.6 Å². The van der Waals surface area contributed by atoms with Gasteiger partial charge in [-0.05, 0) is 30.7 Å². The van der Waals surface area contributed by atoms with E-state index in [1.54, 1.807) is 11.3 Å². The normalized spacial score (nSPS) is 15.1. The fraction of sp³-hybridized carbons (Fsp3) is 0.318. The molecule has 31 heavy (non-hydrogen) atoms. The zero-order valence-corrected chi connectivity index (χ0v) is 19.5. The predicted octanol–water partition coefficient (Wildman–Crippen LogP) is 4.42. The number of aryl methyl sites for hydroxylation is 1. The van der Waals surface area contributed by atoms with Crippen LogP contribution in [0.1, 0.15) is 15.4 Å². The second-order valence-corrected chi connectivity index (χ2v) is 10.0. The third kappa shape index (κ3) is 4.25. The fourth-order valence-electron chi connectivity index (χ4n) is 3.76. The summed E-state index contributed by atoms with van der Waals surface area (Å²) in [6.07, 6.45) is 0. The van der Waals surface area contributed by atoms with Crippen molar-refractivity contribution in [3.63, 3.8) is 0 Å². The van der Waals surface area contributed by atoms with Crippen molar-refractivity contribution in [3.05, 3.63) is 52.0 Å². The molecule has 3 heterocycles. The predicted molar refractivity (Wildman–Crippen MR) is 130 cm³/mol. The first-order valence-corrected chi connectivity index (χ1v) is 12.3. The largest absolute Gasteiger partial charge is 0.349 e. The van der Waals surface area contributed by atoms with Crippen LogP contribution < -0.4 is 10.2 Å². The van der Waals surface area contributed by atoms with Gasteiger partial charge in [0.2, 0.25) is 0 Å². The van der Waals surface area contributed by atoms with Crippen LogP contribution in [0.4, 0.5) is 5.13 Å². The van der Waals surface area contributed by atoms with E-state index < -0.39 is 0 Å². The minimum Gasteiger partial charge on any atom is -0.349 e. The summed E-state index contributed by atoms with van der Waals surface area (Å²) in [5.41, 5.74) is 3.04. The Morgan fingerprint density at radius 2 is 1.90 bits per heavy atom. The van der Waals surface area contributed by atoms with Gasteiger partial charge in [0.25, 0.3) is 5.91 Å². The number of anilines is 1. The third-order valence-electron chi connectivity index (χ3n) is 5.53. The van der Waals surface area contributed by atoms with Crippen LogP contribution in [0.5, 0.6) is 0 Å². The summed E-state index contributed by atoms with van der Waals surface area (Å²) >= 11 is 9.46. The van der Waals surface area contributed by atoms with Crippen LogP contribution in [0, 0.1) is 6.92 Å². The first kappa shape index (κ1) is 20.6. The molecule has 0 spiro atoms. The van der Waals surface area contributed by atoms with Crippen molar-refractivity contribution >= 4 is 65.7 Å². The molecule has 1 saturated heterocycles. The molecule has 5 rings (SSSR count). The van der Waals surface area contributed by atoms with Crippen LogP contribution in [-0.2, 0) is 0 Å². The zero-order valence-electron chi connectivity index (χ0n) is 17.1. The summed E-state index contributed by atoms with van der Waals surface area (Å²) in [6.45, 7) is 7.24. The minimum absolute atomic E-state index is 0.0958. The minimum atomic E-state index is -0.0958. The Hall–Kier alpha value is -2.26. The first-order chi connectivity index (χ1) is 15.1. The smallest absolute Gasteiger partial charge is 0.280 e. The van der Waals surface area contributed by atoms with Crippen molar-refractivity contribution in [2.24, 2.45) is 0 Å². The molecular formula is C22H22ClN5OS2. The summed E-state index contributed by atoms with van der Waals surface area (Å²) in [6, 6.07) is 11.8. The number of hydrogen-bond acceptors (Lipinski definition) is 7. The quantitative estimate of drug-likeness (QED) is 0.467. The van der Waals surface area contributed by atoms with Crippen molar-refractivity contribution in [1.82, 2.24) is 20.2 Å². The van der Waals surface area contributed by atoms with Crippen LogP contribution in [0.2, 0.25) is 5.02 Å². The van der Waals surface area contributed by atoms with E-state index in [-0.39, 0.29) is 5.91 Å². The highest BCUT2D eigenvalue weighted by atomic mass is 35.5. The molecule has 0 aliphatic carbocycles. The fourth-order valence-corrected chi connectivity index (χ4v) is 6.01. The summed E-state index contributed by atoms with van der Waals surface area (Å²) in [5, 5.41) is 5.34. The van der Waals surface area contributed by atoms with Gasteiger partial charge < -0.3 is 10.2 Å². The van der Waals surface area contributed by atoms with Gasteiger partial charge in [-0.3, -0.25) is 9.69 Å². The molecule has 160 valence electrons. The van der Waals surface area contributed by atoms with Crippen LogP contribution in [0.25, 0.3) is 20.4 Å². The Bertz CT molecular complexity index is 1170. The Morgan fingerprint density at radius 3 is 2.68 bits per heavy atom. The van der Waals surface area contributed by atoms with Gasteiger partial charge in [-0.15, -0.1) is 11.3 Å². The van der Waals surface area contributed by atoms with Crippen LogP contribution in [-0.4, -0.2) is 60.0 Å². The number of benzene rings is 2. The average Bonchev–Trinajstić information content (AvgIpc) is 3.42. The lowest BCUT2D eigenvalue weighted by Crippen LogP contribution is -2.48. The molecule has 6 nitrogen and oxygen atoms in total. The molecule has 0 bridgehead atoms. The van der Waals surface area contributed by atoms with Crippen molar-refractivity contribution in [2.45, 2.75) is 6.92 Å². The average molecular weight is 472 g/mol. The van der Waals surface area contributed by atoms with Crippen LogP contribution >= 0.6 is 34.3 Å². The molecule has 1 amide bonds. The molecular weight excluding hydrogens is 450 g/mol. The van der Waals surface area contributed by atoms with Crippen LogP contribution in [0.15, 0.2) is 36.4 Å². The zero-order chi connectivity index (χ0) is 21.4. The maximum Gasteiger partial charge on any atom is 0.280 e. The molecule has 2 aromatic carbocycles. The van der Waals surface area contributed by atoms with Crippen molar-refractivity contribution in [1.29, 1.82) is 0 Å².